The first-order chi connectivity index (χ1) is 9.74. The van der Waals surface area contributed by atoms with Crippen LogP contribution in [0, 0.1) is 9.39 Å². The molecular weight excluding hydrogens is 448 g/mol. The predicted octanol–water partition coefficient (Wildman–Crippen LogP) is 4.99. The van der Waals surface area contributed by atoms with Gasteiger partial charge in [0.1, 0.15) is 11.6 Å². The van der Waals surface area contributed by atoms with Crippen molar-refractivity contribution in [1.82, 2.24) is 9.97 Å². The van der Waals surface area contributed by atoms with Crippen molar-refractivity contribution in [3.63, 3.8) is 0 Å². The molecular formula is C15H16BrFIN3. The van der Waals surface area contributed by atoms with Gasteiger partial charge < -0.3 is 5.32 Å². The van der Waals surface area contributed by atoms with Gasteiger partial charge in [0, 0.05) is 22.5 Å². The number of benzene rings is 1. The van der Waals surface area contributed by atoms with Crippen LogP contribution in [-0.2, 0) is 5.41 Å². The lowest BCUT2D eigenvalue weighted by Gasteiger charge is -2.22. The van der Waals surface area contributed by atoms with E-state index in [-0.39, 0.29) is 11.2 Å². The van der Waals surface area contributed by atoms with Gasteiger partial charge in [0.15, 0.2) is 5.82 Å². The highest BCUT2D eigenvalue weighted by atomic mass is 127. The maximum absolute atomic E-state index is 13.3. The summed E-state index contributed by atoms with van der Waals surface area (Å²) < 4.78 is 14.9. The van der Waals surface area contributed by atoms with E-state index in [4.69, 9.17) is 4.98 Å². The zero-order chi connectivity index (χ0) is 15.8. The molecule has 0 saturated heterocycles. The summed E-state index contributed by atoms with van der Waals surface area (Å²) in [5, 5.41) is 3.10. The van der Waals surface area contributed by atoms with Gasteiger partial charge in [-0.05, 0) is 56.7 Å². The fraction of sp³-hybridized carbons (Fsp3) is 0.333. The fourth-order valence-corrected chi connectivity index (χ4v) is 3.75. The van der Waals surface area contributed by atoms with Gasteiger partial charge in [-0.25, -0.2) is 14.4 Å². The minimum atomic E-state index is -0.291. The molecule has 0 fully saturated rings. The van der Waals surface area contributed by atoms with E-state index in [2.05, 4.69) is 69.6 Å². The molecule has 1 N–H and O–H groups in total. The molecule has 21 heavy (non-hydrogen) atoms. The van der Waals surface area contributed by atoms with Crippen LogP contribution in [0.3, 0.4) is 0 Å². The summed E-state index contributed by atoms with van der Waals surface area (Å²) in [5.74, 6) is 1.07. The molecule has 2 aromatic rings. The van der Waals surface area contributed by atoms with Gasteiger partial charge in [-0.1, -0.05) is 20.8 Å². The SMILES string of the molecule is CNc1nc(-c2ccc(F)cc2Br)nc(C(C)(C)C)c1I. The summed E-state index contributed by atoms with van der Waals surface area (Å²) in [6, 6.07) is 4.52. The fourth-order valence-electron chi connectivity index (χ4n) is 1.90. The zero-order valence-electron chi connectivity index (χ0n) is 12.3. The third kappa shape index (κ3) is 3.53. The number of hydrogen-bond acceptors (Lipinski definition) is 3. The normalized spacial score (nSPS) is 11.6. The van der Waals surface area contributed by atoms with Crippen molar-refractivity contribution >= 4 is 44.3 Å². The quantitative estimate of drug-likeness (QED) is 0.637. The van der Waals surface area contributed by atoms with Crippen molar-refractivity contribution < 1.29 is 4.39 Å². The van der Waals surface area contributed by atoms with Crippen LogP contribution >= 0.6 is 38.5 Å². The van der Waals surface area contributed by atoms with Crippen LogP contribution < -0.4 is 5.32 Å². The van der Waals surface area contributed by atoms with Gasteiger partial charge in [-0.3, -0.25) is 0 Å². The molecule has 0 aliphatic carbocycles. The average molecular weight is 464 g/mol. The molecule has 3 nitrogen and oxygen atoms in total. The number of halogens is 3. The lowest BCUT2D eigenvalue weighted by Crippen LogP contribution is -2.18. The topological polar surface area (TPSA) is 37.8 Å². The van der Waals surface area contributed by atoms with E-state index < -0.39 is 0 Å². The van der Waals surface area contributed by atoms with Crippen molar-refractivity contribution in [2.24, 2.45) is 0 Å². The van der Waals surface area contributed by atoms with Crippen molar-refractivity contribution in [3.05, 3.63) is 37.8 Å². The van der Waals surface area contributed by atoms with Crippen molar-refractivity contribution in [2.75, 3.05) is 12.4 Å². The first kappa shape index (κ1) is 16.6. The van der Waals surface area contributed by atoms with Gasteiger partial charge in [0.05, 0.1) is 9.26 Å². The van der Waals surface area contributed by atoms with Gasteiger partial charge in [-0.15, -0.1) is 0 Å². The number of nitrogens with one attached hydrogen (secondary N) is 1. The van der Waals surface area contributed by atoms with Gasteiger partial charge in [0.25, 0.3) is 0 Å². The molecule has 0 saturated carbocycles. The molecule has 0 spiro atoms. The first-order valence-corrected chi connectivity index (χ1v) is 8.32. The monoisotopic (exact) mass is 463 g/mol. The Balaban J connectivity index is 2.70. The van der Waals surface area contributed by atoms with E-state index in [0.29, 0.717) is 10.3 Å². The molecule has 0 unspecified atom stereocenters. The Kier molecular flexibility index (Phi) is 4.87. The summed E-state index contributed by atoms with van der Waals surface area (Å²) in [6.07, 6.45) is 0. The first-order valence-electron chi connectivity index (χ1n) is 6.45. The van der Waals surface area contributed by atoms with Gasteiger partial charge in [0.2, 0.25) is 0 Å². The molecule has 0 amide bonds. The smallest absolute Gasteiger partial charge is 0.163 e. The standard InChI is InChI=1S/C15H16BrFIN3/c1-15(2,3)12-11(18)14(19-4)21-13(20-12)9-6-5-8(17)7-10(9)16/h5-7H,1-4H3,(H,19,20,21). The molecule has 1 aromatic carbocycles. The number of aromatic nitrogens is 2. The number of anilines is 1. The molecule has 0 aliphatic heterocycles. The second-order valence-electron chi connectivity index (χ2n) is 5.68. The Morgan fingerprint density at radius 3 is 2.43 bits per heavy atom. The number of nitrogens with zero attached hydrogens (tertiary/aromatic N) is 2. The summed E-state index contributed by atoms with van der Waals surface area (Å²) in [5.41, 5.74) is 1.63. The lowest BCUT2D eigenvalue weighted by molar-refractivity contribution is 0.564. The van der Waals surface area contributed by atoms with E-state index in [0.717, 1.165) is 20.6 Å². The molecule has 0 aliphatic rings. The minimum absolute atomic E-state index is 0.105. The highest BCUT2D eigenvalue weighted by Crippen LogP contribution is 2.33. The Morgan fingerprint density at radius 2 is 1.90 bits per heavy atom. The van der Waals surface area contributed by atoms with Crippen molar-refractivity contribution in [2.45, 2.75) is 26.2 Å². The van der Waals surface area contributed by atoms with Crippen LogP contribution in [0.25, 0.3) is 11.4 Å². The van der Waals surface area contributed by atoms with E-state index in [1.54, 1.807) is 6.07 Å². The maximum atomic E-state index is 13.3. The largest absolute Gasteiger partial charge is 0.372 e. The van der Waals surface area contributed by atoms with Crippen LogP contribution in [0.2, 0.25) is 0 Å². The third-order valence-corrected chi connectivity index (χ3v) is 4.65. The second-order valence-corrected chi connectivity index (χ2v) is 7.62. The molecule has 6 heteroatoms. The van der Waals surface area contributed by atoms with Gasteiger partial charge >= 0.3 is 0 Å². The van der Waals surface area contributed by atoms with E-state index >= 15 is 0 Å². The Hall–Kier alpha value is -0.760. The second kappa shape index (κ2) is 6.16. The Labute approximate surface area is 146 Å². The molecule has 1 aromatic heterocycles. The lowest BCUT2D eigenvalue weighted by atomic mass is 9.91. The summed E-state index contributed by atoms with van der Waals surface area (Å²) >= 11 is 5.64. The molecule has 0 radical (unpaired) electrons. The van der Waals surface area contributed by atoms with Crippen molar-refractivity contribution in [3.8, 4) is 11.4 Å². The Morgan fingerprint density at radius 1 is 1.24 bits per heavy atom. The maximum Gasteiger partial charge on any atom is 0.163 e. The molecule has 2 rings (SSSR count). The average Bonchev–Trinajstić information content (AvgIpc) is 2.38. The third-order valence-electron chi connectivity index (χ3n) is 2.97. The highest BCUT2D eigenvalue weighted by Gasteiger charge is 2.23. The molecule has 112 valence electrons. The van der Waals surface area contributed by atoms with Crippen molar-refractivity contribution in [1.29, 1.82) is 0 Å². The summed E-state index contributed by atoms with van der Waals surface area (Å²) in [4.78, 5) is 9.25. The molecule has 0 atom stereocenters. The highest BCUT2D eigenvalue weighted by molar-refractivity contribution is 14.1. The Bertz CT molecular complexity index is 683. The van der Waals surface area contributed by atoms with Crippen LogP contribution in [0.5, 0.6) is 0 Å². The summed E-state index contributed by atoms with van der Waals surface area (Å²) in [7, 11) is 1.83. The van der Waals surface area contributed by atoms with E-state index in [9.17, 15) is 4.39 Å². The number of rotatable bonds is 2. The summed E-state index contributed by atoms with van der Waals surface area (Å²) in [6.45, 7) is 6.33. The molecule has 0 bridgehead atoms. The van der Waals surface area contributed by atoms with Crippen LogP contribution in [0.15, 0.2) is 22.7 Å². The van der Waals surface area contributed by atoms with E-state index in [1.165, 1.54) is 12.1 Å². The molecule has 1 heterocycles. The van der Waals surface area contributed by atoms with Crippen LogP contribution in [-0.4, -0.2) is 17.0 Å². The van der Waals surface area contributed by atoms with E-state index in [1.807, 2.05) is 7.05 Å². The number of hydrogen-bond donors (Lipinski definition) is 1. The minimum Gasteiger partial charge on any atom is -0.372 e. The van der Waals surface area contributed by atoms with Crippen LogP contribution in [0.1, 0.15) is 26.5 Å². The van der Waals surface area contributed by atoms with Crippen LogP contribution in [0.4, 0.5) is 10.2 Å². The van der Waals surface area contributed by atoms with Gasteiger partial charge in [-0.2, -0.15) is 0 Å². The predicted molar refractivity (Wildman–Crippen MR) is 96.1 cm³/mol. The zero-order valence-corrected chi connectivity index (χ0v) is 16.0.